The topological polar surface area (TPSA) is 78.0 Å². The maximum absolute atomic E-state index is 13.0. The molecule has 0 unspecified atom stereocenters. The Morgan fingerprint density at radius 1 is 1.43 bits per heavy atom. The molecule has 0 aliphatic carbocycles. The van der Waals surface area contributed by atoms with Crippen molar-refractivity contribution in [2.75, 3.05) is 0 Å². The van der Waals surface area contributed by atoms with Crippen LogP contribution in [-0.2, 0) is 17.8 Å². The van der Waals surface area contributed by atoms with Crippen LogP contribution in [0, 0.1) is 6.92 Å². The maximum atomic E-state index is 13.0. The average Bonchev–Trinajstić information content (AvgIpc) is 3.12. The van der Waals surface area contributed by atoms with Gasteiger partial charge >= 0.3 is 0 Å². The smallest absolute Gasteiger partial charge is 0.262 e. The van der Waals surface area contributed by atoms with Crippen LogP contribution in [-0.4, -0.2) is 15.5 Å². The molecule has 0 spiro atoms. The fourth-order valence-electron chi connectivity index (χ4n) is 2.68. The van der Waals surface area contributed by atoms with E-state index in [9.17, 15) is 9.59 Å². The van der Waals surface area contributed by atoms with Gasteiger partial charge in [0.05, 0.1) is 5.39 Å². The second-order valence-corrected chi connectivity index (χ2v) is 7.40. The Hall–Kier alpha value is -1.99. The van der Waals surface area contributed by atoms with Crippen LogP contribution >= 0.6 is 22.7 Å². The Bertz CT molecular complexity index is 923. The average molecular weight is 347 g/mol. The quantitative estimate of drug-likeness (QED) is 0.771. The van der Waals surface area contributed by atoms with Gasteiger partial charge in [0.15, 0.2) is 0 Å². The molecule has 0 bridgehead atoms. The lowest BCUT2D eigenvalue weighted by Gasteiger charge is -2.10. The SMILES string of the molecule is CCc1nc2sc(C)c(-c3cccs3)c2c(=O)n1CCC(N)=O. The van der Waals surface area contributed by atoms with E-state index in [1.165, 1.54) is 0 Å². The molecule has 0 saturated heterocycles. The summed E-state index contributed by atoms with van der Waals surface area (Å²) in [5.41, 5.74) is 6.12. The fourth-order valence-corrected chi connectivity index (χ4v) is 4.62. The van der Waals surface area contributed by atoms with E-state index in [1.54, 1.807) is 27.2 Å². The van der Waals surface area contributed by atoms with Crippen LogP contribution in [0.1, 0.15) is 24.0 Å². The summed E-state index contributed by atoms with van der Waals surface area (Å²) >= 11 is 3.15. The lowest BCUT2D eigenvalue weighted by Crippen LogP contribution is -2.27. The summed E-state index contributed by atoms with van der Waals surface area (Å²) in [6.45, 7) is 4.24. The van der Waals surface area contributed by atoms with Crippen molar-refractivity contribution in [1.29, 1.82) is 0 Å². The molecule has 3 rings (SSSR count). The van der Waals surface area contributed by atoms with Gasteiger partial charge in [0.2, 0.25) is 5.91 Å². The van der Waals surface area contributed by atoms with Crippen molar-refractivity contribution in [3.05, 3.63) is 38.6 Å². The van der Waals surface area contributed by atoms with Crippen molar-refractivity contribution in [2.24, 2.45) is 5.73 Å². The molecule has 7 heteroatoms. The number of aryl methyl sites for hydroxylation is 2. The first kappa shape index (κ1) is 15.9. The zero-order valence-corrected chi connectivity index (χ0v) is 14.6. The second-order valence-electron chi connectivity index (χ2n) is 5.25. The number of nitrogens with zero attached hydrogens (tertiary/aromatic N) is 2. The molecule has 0 atom stereocenters. The Labute approximate surface area is 141 Å². The van der Waals surface area contributed by atoms with Crippen molar-refractivity contribution >= 4 is 38.8 Å². The second kappa shape index (κ2) is 6.25. The van der Waals surface area contributed by atoms with E-state index >= 15 is 0 Å². The van der Waals surface area contributed by atoms with Crippen LogP contribution in [0.2, 0.25) is 0 Å². The van der Waals surface area contributed by atoms with Gasteiger partial charge in [-0.05, 0) is 18.4 Å². The van der Waals surface area contributed by atoms with Crippen LogP contribution in [0.3, 0.4) is 0 Å². The molecule has 0 aliphatic rings. The molecule has 3 aromatic rings. The summed E-state index contributed by atoms with van der Waals surface area (Å²) < 4.78 is 1.59. The number of carbonyl (C=O) groups is 1. The summed E-state index contributed by atoms with van der Waals surface area (Å²) in [7, 11) is 0. The number of nitrogens with two attached hydrogens (primary N) is 1. The van der Waals surface area contributed by atoms with Gasteiger partial charge in [-0.3, -0.25) is 14.2 Å². The molecule has 5 nitrogen and oxygen atoms in total. The fraction of sp³-hybridized carbons (Fsp3) is 0.312. The molecule has 0 aliphatic heterocycles. The van der Waals surface area contributed by atoms with E-state index < -0.39 is 5.91 Å². The summed E-state index contributed by atoms with van der Waals surface area (Å²) in [5, 5.41) is 2.65. The van der Waals surface area contributed by atoms with Gasteiger partial charge in [0.25, 0.3) is 5.56 Å². The molecular weight excluding hydrogens is 330 g/mol. The van der Waals surface area contributed by atoms with E-state index in [2.05, 4.69) is 4.98 Å². The third-order valence-corrected chi connectivity index (χ3v) is 5.62. The van der Waals surface area contributed by atoms with E-state index in [1.807, 2.05) is 31.4 Å². The van der Waals surface area contributed by atoms with E-state index in [0.717, 1.165) is 20.1 Å². The number of hydrogen-bond acceptors (Lipinski definition) is 5. The first-order chi connectivity index (χ1) is 11.0. The molecule has 0 saturated carbocycles. The maximum Gasteiger partial charge on any atom is 0.262 e. The lowest BCUT2D eigenvalue weighted by molar-refractivity contribution is -0.118. The highest BCUT2D eigenvalue weighted by atomic mass is 32.1. The molecule has 0 fully saturated rings. The van der Waals surface area contributed by atoms with Crippen LogP contribution in [0.4, 0.5) is 0 Å². The number of thiophene rings is 2. The van der Waals surface area contributed by atoms with Crippen molar-refractivity contribution < 1.29 is 4.79 Å². The normalized spacial score (nSPS) is 11.2. The summed E-state index contributed by atoms with van der Waals surface area (Å²) in [5.74, 6) is 0.279. The number of fused-ring (bicyclic) bond motifs is 1. The van der Waals surface area contributed by atoms with Crippen LogP contribution in [0.15, 0.2) is 22.3 Å². The van der Waals surface area contributed by atoms with Gasteiger partial charge in [-0.15, -0.1) is 22.7 Å². The zero-order valence-electron chi connectivity index (χ0n) is 13.0. The third kappa shape index (κ3) is 2.82. The van der Waals surface area contributed by atoms with Crippen LogP contribution in [0.5, 0.6) is 0 Å². The van der Waals surface area contributed by atoms with Gasteiger partial charge < -0.3 is 5.73 Å². The largest absolute Gasteiger partial charge is 0.370 e. The molecule has 0 radical (unpaired) electrons. The highest BCUT2D eigenvalue weighted by Crippen LogP contribution is 2.37. The molecule has 3 heterocycles. The van der Waals surface area contributed by atoms with Gasteiger partial charge in [0.1, 0.15) is 10.7 Å². The predicted molar refractivity (Wildman–Crippen MR) is 95.1 cm³/mol. The minimum Gasteiger partial charge on any atom is -0.370 e. The first-order valence-corrected chi connectivity index (χ1v) is 9.07. The predicted octanol–water partition coefficient (Wildman–Crippen LogP) is 2.93. The first-order valence-electron chi connectivity index (χ1n) is 7.38. The number of carbonyl (C=O) groups excluding carboxylic acids is 1. The standard InChI is InChI=1S/C16H17N3O2S2/c1-3-12-18-15-14(16(21)19(12)7-6-11(17)20)13(9(2)23-15)10-5-4-8-22-10/h4-5,8H,3,6-7H2,1-2H3,(H2,17,20). The molecule has 120 valence electrons. The minimum absolute atomic E-state index is 0.0825. The van der Waals surface area contributed by atoms with Crippen molar-refractivity contribution in [1.82, 2.24) is 9.55 Å². The Balaban J connectivity index is 2.28. The minimum atomic E-state index is -0.418. The van der Waals surface area contributed by atoms with Crippen molar-refractivity contribution in [3.8, 4) is 10.4 Å². The highest BCUT2D eigenvalue weighted by Gasteiger charge is 2.19. The van der Waals surface area contributed by atoms with E-state index in [-0.39, 0.29) is 18.5 Å². The molecule has 1 amide bonds. The van der Waals surface area contributed by atoms with E-state index in [4.69, 9.17) is 5.73 Å². The summed E-state index contributed by atoms with van der Waals surface area (Å²) in [6.07, 6.45) is 0.771. The summed E-state index contributed by atoms with van der Waals surface area (Å²) in [4.78, 5) is 31.7. The van der Waals surface area contributed by atoms with E-state index in [0.29, 0.717) is 17.6 Å². The van der Waals surface area contributed by atoms with Gasteiger partial charge in [-0.2, -0.15) is 0 Å². The monoisotopic (exact) mass is 347 g/mol. The van der Waals surface area contributed by atoms with Crippen molar-refractivity contribution in [3.63, 3.8) is 0 Å². The lowest BCUT2D eigenvalue weighted by atomic mass is 10.1. The number of aromatic nitrogens is 2. The number of hydrogen-bond donors (Lipinski definition) is 1. The zero-order chi connectivity index (χ0) is 16.6. The molecule has 3 aromatic heterocycles. The summed E-state index contributed by atoms with van der Waals surface area (Å²) in [6, 6.07) is 3.99. The van der Waals surface area contributed by atoms with Crippen LogP contribution in [0.25, 0.3) is 20.7 Å². The Morgan fingerprint density at radius 2 is 2.22 bits per heavy atom. The Kier molecular flexibility index (Phi) is 4.32. The van der Waals surface area contributed by atoms with Crippen LogP contribution < -0.4 is 11.3 Å². The molecule has 23 heavy (non-hydrogen) atoms. The number of rotatable bonds is 5. The number of amides is 1. The van der Waals surface area contributed by atoms with Gasteiger partial charge in [-0.25, -0.2) is 4.98 Å². The van der Waals surface area contributed by atoms with Gasteiger partial charge in [0, 0.05) is 34.7 Å². The number of primary amides is 1. The molecule has 0 aromatic carbocycles. The molecular formula is C16H17N3O2S2. The van der Waals surface area contributed by atoms with Crippen molar-refractivity contribution in [2.45, 2.75) is 33.2 Å². The third-order valence-electron chi connectivity index (χ3n) is 3.73. The molecule has 2 N–H and O–H groups in total. The highest BCUT2D eigenvalue weighted by molar-refractivity contribution is 7.20. The Morgan fingerprint density at radius 3 is 2.83 bits per heavy atom. The van der Waals surface area contributed by atoms with Gasteiger partial charge in [-0.1, -0.05) is 13.0 Å².